The monoisotopic (exact) mass is 156 g/mol. The fourth-order valence-electron chi connectivity index (χ4n) is 0.840. The number of aryl methyl sites for hydroxylation is 1. The number of hydrogen-bond donors (Lipinski definition) is 1. The fraction of sp³-hybridized carbons (Fsp3) is 0.400. The van der Waals surface area contributed by atoms with Gasteiger partial charge in [-0.2, -0.15) is 5.10 Å². The number of rotatable bonds is 2. The van der Waals surface area contributed by atoms with Crippen molar-refractivity contribution in [3.63, 3.8) is 0 Å². The Morgan fingerprint density at radius 1 is 1.91 bits per heavy atom. The number of nitrogens with zero attached hydrogens (tertiary/aromatic N) is 3. The molecule has 1 aromatic heterocycles. The zero-order valence-electron chi connectivity index (χ0n) is 6.02. The second-order valence-electron chi connectivity index (χ2n) is 2.06. The van der Waals surface area contributed by atoms with Gasteiger partial charge in [-0.1, -0.05) is 0 Å². The van der Waals surface area contributed by atoms with Crippen molar-refractivity contribution in [2.45, 2.75) is 6.54 Å². The Hall–Kier alpha value is -1.43. The molecule has 6 heteroatoms. The summed E-state index contributed by atoms with van der Waals surface area (Å²) in [7, 11) is 1.62. The molecule has 1 rings (SSSR count). The molecule has 0 spiro atoms. The summed E-state index contributed by atoms with van der Waals surface area (Å²) in [6.07, 6.45) is 1.20. The molecule has 0 amide bonds. The topological polar surface area (TPSA) is 87.0 Å². The van der Waals surface area contributed by atoms with Gasteiger partial charge in [-0.15, -0.1) is 0 Å². The third-order valence-corrected chi connectivity index (χ3v) is 1.43. The van der Waals surface area contributed by atoms with Crippen LogP contribution in [0.3, 0.4) is 0 Å². The van der Waals surface area contributed by atoms with E-state index in [0.717, 1.165) is 0 Å². The first-order chi connectivity index (χ1) is 5.16. The van der Waals surface area contributed by atoms with E-state index >= 15 is 0 Å². The molecule has 0 bridgehead atoms. The van der Waals surface area contributed by atoms with Gasteiger partial charge in [0.15, 0.2) is 0 Å². The molecule has 0 atom stereocenters. The molecular weight excluding hydrogens is 148 g/mol. The van der Waals surface area contributed by atoms with E-state index in [9.17, 15) is 10.1 Å². The largest absolute Gasteiger partial charge is 0.325 e. The van der Waals surface area contributed by atoms with Crippen molar-refractivity contribution < 1.29 is 4.92 Å². The summed E-state index contributed by atoms with van der Waals surface area (Å²) < 4.78 is 1.40. The van der Waals surface area contributed by atoms with Gasteiger partial charge >= 0.3 is 5.69 Å². The minimum atomic E-state index is -0.491. The molecule has 0 saturated carbocycles. The first-order valence-electron chi connectivity index (χ1n) is 3.02. The van der Waals surface area contributed by atoms with Gasteiger partial charge in [0.25, 0.3) is 0 Å². The lowest BCUT2D eigenvalue weighted by Gasteiger charge is -1.94. The van der Waals surface area contributed by atoms with Crippen molar-refractivity contribution in [2.75, 3.05) is 0 Å². The Balaban J connectivity index is 3.15. The summed E-state index contributed by atoms with van der Waals surface area (Å²) in [5.41, 5.74) is 5.69. The summed E-state index contributed by atoms with van der Waals surface area (Å²) in [6, 6.07) is 0. The lowest BCUT2D eigenvalue weighted by molar-refractivity contribution is -0.385. The van der Waals surface area contributed by atoms with Gasteiger partial charge in [0.05, 0.1) is 4.92 Å². The molecule has 1 aromatic rings. The van der Waals surface area contributed by atoms with Crippen LogP contribution in [-0.2, 0) is 13.6 Å². The molecule has 0 aliphatic heterocycles. The quantitative estimate of drug-likeness (QED) is 0.474. The van der Waals surface area contributed by atoms with Crippen molar-refractivity contribution >= 4 is 5.69 Å². The molecule has 0 radical (unpaired) electrons. The van der Waals surface area contributed by atoms with Crippen LogP contribution in [0.25, 0.3) is 0 Å². The van der Waals surface area contributed by atoms with Crippen LogP contribution >= 0.6 is 0 Å². The van der Waals surface area contributed by atoms with Crippen LogP contribution in [-0.4, -0.2) is 14.7 Å². The van der Waals surface area contributed by atoms with E-state index in [1.165, 1.54) is 10.9 Å². The maximum Gasteiger partial charge on any atom is 0.311 e. The van der Waals surface area contributed by atoms with Crippen molar-refractivity contribution in [1.29, 1.82) is 0 Å². The van der Waals surface area contributed by atoms with E-state index < -0.39 is 4.92 Å². The van der Waals surface area contributed by atoms with Crippen LogP contribution < -0.4 is 5.73 Å². The highest BCUT2D eigenvalue weighted by molar-refractivity contribution is 5.32. The highest BCUT2D eigenvalue weighted by Crippen LogP contribution is 2.14. The predicted molar refractivity (Wildman–Crippen MR) is 37.8 cm³/mol. The molecule has 6 nitrogen and oxygen atoms in total. The standard InChI is InChI=1S/C5H8N4O2/c1-8-4(2-6)5(3-7-8)9(10)11/h3H,2,6H2,1H3. The number of aromatic nitrogens is 2. The van der Waals surface area contributed by atoms with Gasteiger partial charge in [0, 0.05) is 13.6 Å². The van der Waals surface area contributed by atoms with E-state index in [4.69, 9.17) is 5.73 Å². The van der Waals surface area contributed by atoms with Gasteiger partial charge in [-0.05, 0) is 0 Å². The molecule has 11 heavy (non-hydrogen) atoms. The third-order valence-electron chi connectivity index (χ3n) is 1.43. The number of nitrogens with two attached hydrogens (primary N) is 1. The van der Waals surface area contributed by atoms with Crippen molar-refractivity contribution in [3.05, 3.63) is 22.0 Å². The van der Waals surface area contributed by atoms with Crippen molar-refractivity contribution in [2.24, 2.45) is 12.8 Å². The molecule has 0 aromatic carbocycles. The molecule has 60 valence electrons. The van der Waals surface area contributed by atoms with Crippen LogP contribution in [0.4, 0.5) is 5.69 Å². The second kappa shape index (κ2) is 2.67. The lowest BCUT2D eigenvalue weighted by atomic mass is 10.4. The average Bonchev–Trinajstić information content (AvgIpc) is 2.30. The number of nitro groups is 1. The molecule has 0 fully saturated rings. The van der Waals surface area contributed by atoms with Crippen LogP contribution in [0.5, 0.6) is 0 Å². The third kappa shape index (κ3) is 1.20. The molecule has 0 unspecified atom stereocenters. The van der Waals surface area contributed by atoms with Gasteiger partial charge in [-0.3, -0.25) is 14.8 Å². The van der Waals surface area contributed by atoms with Crippen LogP contribution in [0.1, 0.15) is 5.69 Å². The second-order valence-corrected chi connectivity index (χ2v) is 2.06. The smallest absolute Gasteiger partial charge is 0.311 e. The van der Waals surface area contributed by atoms with Crippen LogP contribution in [0, 0.1) is 10.1 Å². The fourth-order valence-corrected chi connectivity index (χ4v) is 0.840. The van der Waals surface area contributed by atoms with E-state index in [1.54, 1.807) is 7.05 Å². The highest BCUT2D eigenvalue weighted by atomic mass is 16.6. The van der Waals surface area contributed by atoms with E-state index in [1.807, 2.05) is 0 Å². The van der Waals surface area contributed by atoms with Gasteiger partial charge in [-0.25, -0.2) is 0 Å². The van der Waals surface area contributed by atoms with Crippen LogP contribution in [0.2, 0.25) is 0 Å². The molecule has 1 heterocycles. The maximum atomic E-state index is 10.3. The Labute approximate surface area is 62.8 Å². The first-order valence-corrected chi connectivity index (χ1v) is 3.02. The predicted octanol–water partition coefficient (Wildman–Crippen LogP) is -0.213. The zero-order valence-corrected chi connectivity index (χ0v) is 6.02. The Bertz CT molecular complexity index is 280. The summed E-state index contributed by atoms with van der Waals surface area (Å²) in [4.78, 5) is 9.80. The Kier molecular flexibility index (Phi) is 1.86. The molecule has 2 N–H and O–H groups in total. The van der Waals surface area contributed by atoms with Gasteiger partial charge in [0.2, 0.25) is 0 Å². The van der Waals surface area contributed by atoms with Gasteiger partial charge in [0.1, 0.15) is 11.9 Å². The lowest BCUT2D eigenvalue weighted by Crippen LogP contribution is -2.06. The van der Waals surface area contributed by atoms with Crippen LogP contribution in [0.15, 0.2) is 6.20 Å². The first kappa shape index (κ1) is 7.67. The average molecular weight is 156 g/mol. The summed E-state index contributed by atoms with van der Waals surface area (Å²) >= 11 is 0. The van der Waals surface area contributed by atoms with E-state index in [2.05, 4.69) is 5.10 Å². The molecular formula is C5H8N4O2. The van der Waals surface area contributed by atoms with Crippen molar-refractivity contribution in [1.82, 2.24) is 9.78 Å². The van der Waals surface area contributed by atoms with E-state index in [0.29, 0.717) is 5.69 Å². The number of hydrogen-bond acceptors (Lipinski definition) is 4. The molecule has 0 aliphatic rings. The maximum absolute atomic E-state index is 10.3. The highest BCUT2D eigenvalue weighted by Gasteiger charge is 2.16. The molecule has 0 saturated heterocycles. The Morgan fingerprint density at radius 3 is 2.91 bits per heavy atom. The summed E-state index contributed by atoms with van der Waals surface area (Å²) in [5, 5.41) is 14.0. The summed E-state index contributed by atoms with van der Waals surface area (Å²) in [6.45, 7) is 0.132. The minimum Gasteiger partial charge on any atom is -0.325 e. The molecule has 0 aliphatic carbocycles. The van der Waals surface area contributed by atoms with Crippen molar-refractivity contribution in [3.8, 4) is 0 Å². The zero-order chi connectivity index (χ0) is 8.43. The minimum absolute atomic E-state index is 0.0185. The normalized spacial score (nSPS) is 10.0. The SMILES string of the molecule is Cn1ncc([N+](=O)[O-])c1CN. The Morgan fingerprint density at radius 2 is 2.55 bits per heavy atom. The van der Waals surface area contributed by atoms with E-state index in [-0.39, 0.29) is 12.2 Å². The summed E-state index contributed by atoms with van der Waals surface area (Å²) in [5.74, 6) is 0. The van der Waals surface area contributed by atoms with Gasteiger partial charge < -0.3 is 5.73 Å².